The summed E-state index contributed by atoms with van der Waals surface area (Å²) in [6.45, 7) is 0. The molecule has 1 fully saturated rings. The number of hydrogen-bond donors (Lipinski definition) is 0. The predicted molar refractivity (Wildman–Crippen MR) is 41.0 cm³/mol. The highest BCUT2D eigenvalue weighted by atomic mass is 16.1. The Morgan fingerprint density at radius 3 is 1.77 bits per heavy atom. The van der Waals surface area contributed by atoms with Gasteiger partial charge in [0.1, 0.15) is 0 Å². The van der Waals surface area contributed by atoms with Crippen molar-refractivity contribution in [3.8, 4) is 0 Å². The summed E-state index contributed by atoms with van der Waals surface area (Å²) >= 11 is 0. The van der Waals surface area contributed by atoms with Crippen LogP contribution in [-0.2, 0) is 9.59 Å². The highest BCUT2D eigenvalue weighted by molar-refractivity contribution is 6.33. The maximum absolute atomic E-state index is 11.0. The predicted octanol–water partition coefficient (Wildman–Crippen LogP) is -0.638. The zero-order chi connectivity index (χ0) is 9.84. The molecule has 66 valence electrons. The Morgan fingerprint density at radius 1 is 1.08 bits per heavy atom. The van der Waals surface area contributed by atoms with Crippen LogP contribution in [0.2, 0.25) is 0 Å². The number of hydrogen-bond acceptors (Lipinski definition) is 2. The van der Waals surface area contributed by atoms with E-state index in [1.807, 2.05) is 0 Å². The van der Waals surface area contributed by atoms with Crippen LogP contribution in [0, 0.1) is 11.8 Å². The van der Waals surface area contributed by atoms with E-state index in [9.17, 15) is 9.59 Å². The van der Waals surface area contributed by atoms with Crippen LogP contribution in [0.15, 0.2) is 0 Å². The minimum atomic E-state index is -0.415. The first-order valence-electron chi connectivity index (χ1n) is 3.63. The fourth-order valence-corrected chi connectivity index (χ4v) is 1.13. The van der Waals surface area contributed by atoms with Crippen molar-refractivity contribution in [1.29, 1.82) is 0 Å². The molecule has 1 aliphatic carbocycles. The molecule has 0 saturated heterocycles. The Labute approximate surface area is 73.4 Å². The first-order valence-corrected chi connectivity index (χ1v) is 3.63. The maximum atomic E-state index is 11.0. The van der Waals surface area contributed by atoms with Crippen LogP contribution < -0.4 is 0 Å². The third-order valence-corrected chi connectivity index (χ3v) is 1.89. The van der Waals surface area contributed by atoms with E-state index in [0.717, 1.165) is 12.4 Å². The van der Waals surface area contributed by atoms with Crippen molar-refractivity contribution in [2.24, 2.45) is 11.8 Å². The van der Waals surface area contributed by atoms with Gasteiger partial charge in [0, 0.05) is 11.8 Å². The van der Waals surface area contributed by atoms with Gasteiger partial charge >= 0.3 is 12.4 Å². The Morgan fingerprint density at radius 2 is 1.46 bits per heavy atom. The second-order valence-corrected chi connectivity index (χ2v) is 2.74. The van der Waals surface area contributed by atoms with E-state index in [1.54, 1.807) is 0 Å². The fourth-order valence-electron chi connectivity index (χ4n) is 1.13. The van der Waals surface area contributed by atoms with Crippen LogP contribution in [0.3, 0.4) is 0 Å². The van der Waals surface area contributed by atoms with Crippen molar-refractivity contribution >= 4 is 24.0 Å². The summed E-state index contributed by atoms with van der Waals surface area (Å²) in [6.07, 6.45) is 1.97. The Hall–Kier alpha value is -1.90. The van der Waals surface area contributed by atoms with Gasteiger partial charge in [-0.2, -0.15) is 9.58 Å². The van der Waals surface area contributed by atoms with Gasteiger partial charge in [0.15, 0.2) is 0 Å². The summed E-state index contributed by atoms with van der Waals surface area (Å²) in [6, 6.07) is 0. The van der Waals surface area contributed by atoms with Crippen LogP contribution in [0.25, 0.3) is 11.1 Å². The van der Waals surface area contributed by atoms with Gasteiger partial charge in [-0.1, -0.05) is 0 Å². The first kappa shape index (κ1) is 9.19. The third-order valence-electron chi connectivity index (χ3n) is 1.89. The fraction of sp³-hybridized carbons (Fsp3) is 0.429. The van der Waals surface area contributed by atoms with Crippen molar-refractivity contribution in [2.75, 3.05) is 0 Å². The molecule has 0 aromatic heterocycles. The zero-order valence-corrected chi connectivity index (χ0v) is 6.62. The monoisotopic (exact) mass is 178 g/mol. The van der Waals surface area contributed by atoms with E-state index in [0.29, 0.717) is 6.42 Å². The van der Waals surface area contributed by atoms with E-state index in [2.05, 4.69) is 9.58 Å². The quantitative estimate of drug-likeness (QED) is 0.324. The molecule has 0 aliphatic heterocycles. The van der Waals surface area contributed by atoms with Crippen molar-refractivity contribution in [1.82, 2.24) is 0 Å². The summed E-state index contributed by atoms with van der Waals surface area (Å²) in [4.78, 5) is 27.0. The van der Waals surface area contributed by atoms with Gasteiger partial charge in [-0.05, 0) is 6.42 Å². The van der Waals surface area contributed by atoms with Crippen molar-refractivity contribution < 1.29 is 19.2 Å². The number of nitrogens with zero attached hydrogens (tertiary/aromatic N) is 4. The highest BCUT2D eigenvalue weighted by Gasteiger charge is 2.49. The normalized spacial score (nSPS) is 23.7. The number of rotatable bonds is 4. The van der Waals surface area contributed by atoms with Gasteiger partial charge in [-0.15, -0.1) is 0 Å². The molecule has 6 nitrogen and oxygen atoms in total. The van der Waals surface area contributed by atoms with E-state index in [-0.39, 0.29) is 11.6 Å². The molecule has 0 radical (unpaired) electrons. The Balaban J connectivity index is 2.55. The number of ketones is 2. The number of Topliss-reactive ketones (excluding diaryl/α,β-unsaturated/α-hetero) is 2. The topological polar surface area (TPSA) is 107 Å². The van der Waals surface area contributed by atoms with Gasteiger partial charge in [0.25, 0.3) is 0 Å². The Kier molecular flexibility index (Phi) is 2.59. The summed E-state index contributed by atoms with van der Waals surface area (Å²) < 4.78 is 0. The average molecular weight is 178 g/mol. The lowest BCUT2D eigenvalue weighted by Crippen LogP contribution is -2.10. The molecule has 0 amide bonds. The molecule has 1 aliphatic rings. The zero-order valence-electron chi connectivity index (χ0n) is 6.62. The molecule has 2 atom stereocenters. The maximum Gasteiger partial charge on any atom is 0.323 e. The van der Waals surface area contributed by atoms with Crippen LogP contribution in [0.1, 0.15) is 6.42 Å². The van der Waals surface area contributed by atoms with Gasteiger partial charge < -0.3 is 11.1 Å². The molecular weight excluding hydrogens is 172 g/mol. The standard InChI is InChI=1S/C7H6N4O2/c8-10-2-6(12)4-1-5(4)7(13)3-11-9/h2-5H,1H2/t4-,5+. The van der Waals surface area contributed by atoms with Crippen LogP contribution in [0.5, 0.6) is 0 Å². The largest absolute Gasteiger partial charge is 0.361 e. The van der Waals surface area contributed by atoms with Crippen molar-refractivity contribution in [3.63, 3.8) is 0 Å². The van der Waals surface area contributed by atoms with Gasteiger partial charge in [0.2, 0.25) is 11.6 Å². The molecular formula is C7H6N4O2. The summed E-state index contributed by atoms with van der Waals surface area (Å²) in [5, 5.41) is 0. The second kappa shape index (κ2) is 3.67. The first-order chi connectivity index (χ1) is 6.20. The van der Waals surface area contributed by atoms with Crippen molar-refractivity contribution in [3.05, 3.63) is 11.1 Å². The number of carbonyl (C=O) groups excluding carboxylic acids is 2. The summed E-state index contributed by atoms with van der Waals surface area (Å²) in [5.41, 5.74) is 16.1. The molecule has 13 heavy (non-hydrogen) atoms. The van der Waals surface area contributed by atoms with Gasteiger partial charge in [-0.25, -0.2) is 0 Å². The summed E-state index contributed by atoms with van der Waals surface area (Å²) in [5.74, 6) is -1.60. The minimum Gasteiger partial charge on any atom is -0.361 e. The lowest BCUT2D eigenvalue weighted by molar-refractivity contribution is -0.121. The SMILES string of the molecule is [N-]=[N+]=CC(=O)[C@H]1C[C@H]1C(=O)C=[N+]=[N-]. The van der Waals surface area contributed by atoms with E-state index < -0.39 is 11.8 Å². The van der Waals surface area contributed by atoms with Gasteiger partial charge in [0.05, 0.1) is 0 Å². The summed E-state index contributed by atoms with van der Waals surface area (Å²) in [7, 11) is 0. The molecule has 0 aromatic carbocycles. The molecule has 0 bridgehead atoms. The molecule has 0 spiro atoms. The molecule has 0 aromatic rings. The third kappa shape index (κ3) is 2.02. The molecule has 1 rings (SSSR count). The average Bonchev–Trinajstić information content (AvgIpc) is 2.84. The van der Waals surface area contributed by atoms with Gasteiger partial charge in [-0.3, -0.25) is 9.59 Å². The lowest BCUT2D eigenvalue weighted by Gasteiger charge is -1.82. The minimum absolute atomic E-state index is 0.382. The molecule has 1 saturated carbocycles. The smallest absolute Gasteiger partial charge is 0.323 e. The van der Waals surface area contributed by atoms with Crippen LogP contribution in [0.4, 0.5) is 0 Å². The highest BCUT2D eigenvalue weighted by Crippen LogP contribution is 2.38. The molecule has 0 unspecified atom stereocenters. The number of carbonyl (C=O) groups is 2. The molecule has 6 heteroatoms. The van der Waals surface area contributed by atoms with E-state index in [4.69, 9.17) is 11.1 Å². The van der Waals surface area contributed by atoms with E-state index in [1.165, 1.54) is 0 Å². The Bertz CT molecular complexity index is 316. The molecule has 0 heterocycles. The van der Waals surface area contributed by atoms with Crippen LogP contribution in [-0.4, -0.2) is 33.6 Å². The lowest BCUT2D eigenvalue weighted by atomic mass is 10.2. The van der Waals surface area contributed by atoms with Crippen LogP contribution >= 0.6 is 0 Å². The van der Waals surface area contributed by atoms with E-state index >= 15 is 0 Å². The molecule has 0 N–H and O–H groups in total. The second-order valence-electron chi connectivity index (χ2n) is 2.74. The van der Waals surface area contributed by atoms with Crippen molar-refractivity contribution in [2.45, 2.75) is 6.42 Å².